The Balaban J connectivity index is 1.78. The molecule has 3 heterocycles. The quantitative estimate of drug-likeness (QED) is 0.523. The number of hydrogen-bond acceptors (Lipinski definition) is 3. The molecule has 0 aromatic rings. The van der Waals surface area contributed by atoms with E-state index in [0.29, 0.717) is 5.92 Å². The van der Waals surface area contributed by atoms with Crippen molar-refractivity contribution in [3.63, 3.8) is 0 Å². The van der Waals surface area contributed by atoms with Crippen molar-refractivity contribution < 1.29 is 14.3 Å². The summed E-state index contributed by atoms with van der Waals surface area (Å²) < 4.78 is 11.2. The third kappa shape index (κ3) is 1.26. The number of carbonyl (C=O) groups excluding carboxylic acids is 1. The van der Waals surface area contributed by atoms with E-state index in [0.717, 1.165) is 19.3 Å². The number of ether oxygens (including phenoxy) is 2. The molecule has 0 radical (unpaired) electrons. The molecule has 0 aromatic heterocycles. The summed E-state index contributed by atoms with van der Waals surface area (Å²) in [5.41, 5.74) is 0. The van der Waals surface area contributed by atoms with Gasteiger partial charge >= 0.3 is 5.97 Å². The number of esters is 1. The van der Waals surface area contributed by atoms with Gasteiger partial charge in [0, 0.05) is 5.92 Å². The molecular weight excluding hydrogens is 192 g/mol. The average molecular weight is 208 g/mol. The summed E-state index contributed by atoms with van der Waals surface area (Å²) in [4.78, 5) is 11.7. The van der Waals surface area contributed by atoms with Crippen molar-refractivity contribution >= 4 is 5.97 Å². The highest BCUT2D eigenvalue weighted by Gasteiger charge is 2.58. The molecule has 0 saturated carbocycles. The first kappa shape index (κ1) is 9.40. The molecule has 3 nitrogen and oxygen atoms in total. The zero-order valence-electron chi connectivity index (χ0n) is 8.89. The minimum atomic E-state index is -0.0436. The molecule has 0 aromatic carbocycles. The maximum Gasteiger partial charge on any atom is 0.312 e. The van der Waals surface area contributed by atoms with E-state index >= 15 is 0 Å². The highest BCUT2D eigenvalue weighted by molar-refractivity contribution is 5.77. The molecule has 5 atom stereocenters. The minimum absolute atomic E-state index is 0.000809. The Morgan fingerprint density at radius 3 is 2.93 bits per heavy atom. The zero-order valence-corrected chi connectivity index (χ0v) is 8.89. The van der Waals surface area contributed by atoms with Gasteiger partial charge in [0.15, 0.2) is 0 Å². The van der Waals surface area contributed by atoms with Gasteiger partial charge in [-0.15, -0.1) is 0 Å². The van der Waals surface area contributed by atoms with Crippen LogP contribution in [0.1, 0.15) is 26.2 Å². The Kier molecular flexibility index (Phi) is 2.09. The summed E-state index contributed by atoms with van der Waals surface area (Å²) in [6, 6.07) is 0. The number of hydrogen-bond donors (Lipinski definition) is 0. The van der Waals surface area contributed by atoms with E-state index in [-0.39, 0.29) is 30.2 Å². The molecule has 2 saturated heterocycles. The predicted molar refractivity (Wildman–Crippen MR) is 54.2 cm³/mol. The van der Waals surface area contributed by atoms with E-state index in [1.807, 2.05) is 6.08 Å². The van der Waals surface area contributed by atoms with Gasteiger partial charge in [-0.05, 0) is 6.42 Å². The van der Waals surface area contributed by atoms with Crippen molar-refractivity contribution in [2.45, 2.75) is 44.5 Å². The Morgan fingerprint density at radius 1 is 1.33 bits per heavy atom. The summed E-state index contributed by atoms with van der Waals surface area (Å²) in [6.07, 6.45) is 7.60. The van der Waals surface area contributed by atoms with Gasteiger partial charge in [0.25, 0.3) is 0 Å². The lowest BCUT2D eigenvalue weighted by Crippen LogP contribution is -2.28. The molecule has 3 heteroatoms. The molecule has 3 rings (SSSR count). The second-order valence-corrected chi connectivity index (χ2v) is 4.67. The summed E-state index contributed by atoms with van der Waals surface area (Å²) >= 11 is 0. The van der Waals surface area contributed by atoms with Crippen LogP contribution in [0, 0.1) is 11.8 Å². The van der Waals surface area contributed by atoms with Crippen LogP contribution in [0.25, 0.3) is 0 Å². The lowest BCUT2D eigenvalue weighted by atomic mass is 9.80. The third-order valence-corrected chi connectivity index (χ3v) is 3.76. The maximum absolute atomic E-state index is 11.7. The van der Waals surface area contributed by atoms with Crippen LogP contribution in [0.4, 0.5) is 0 Å². The standard InChI is InChI=1S/C12H16O3/c1-2-3-4-7-10-8-5-6-9(14-8)11(10)12(13)15-7/h5-11H,2-4H2,1H3/t7-,8+,9-,10-,11-/m1/s1. The van der Waals surface area contributed by atoms with Crippen LogP contribution >= 0.6 is 0 Å². The summed E-state index contributed by atoms with van der Waals surface area (Å²) in [7, 11) is 0. The SMILES string of the molecule is CCCC[C@H]1OC(=O)[C@H]2[C@H]1[C@@H]1C=C[C@H]2O1. The summed E-state index contributed by atoms with van der Waals surface area (Å²) in [5, 5.41) is 0. The van der Waals surface area contributed by atoms with Crippen LogP contribution in [0.3, 0.4) is 0 Å². The molecule has 0 N–H and O–H groups in total. The fourth-order valence-corrected chi connectivity index (χ4v) is 3.04. The molecule has 0 amide bonds. The first-order chi connectivity index (χ1) is 7.31. The average Bonchev–Trinajstić information content (AvgIpc) is 2.88. The zero-order chi connectivity index (χ0) is 10.4. The van der Waals surface area contributed by atoms with Crippen molar-refractivity contribution in [1.82, 2.24) is 0 Å². The second-order valence-electron chi connectivity index (χ2n) is 4.67. The highest BCUT2D eigenvalue weighted by Crippen LogP contribution is 2.47. The van der Waals surface area contributed by atoms with Crippen LogP contribution in [0.15, 0.2) is 12.2 Å². The minimum Gasteiger partial charge on any atom is -0.462 e. The number of unbranched alkanes of at least 4 members (excludes halogenated alkanes) is 1. The van der Waals surface area contributed by atoms with Gasteiger partial charge < -0.3 is 9.47 Å². The second kappa shape index (κ2) is 3.34. The molecule has 3 aliphatic rings. The van der Waals surface area contributed by atoms with Crippen molar-refractivity contribution in [1.29, 1.82) is 0 Å². The molecule has 15 heavy (non-hydrogen) atoms. The van der Waals surface area contributed by atoms with E-state index in [9.17, 15) is 4.79 Å². The largest absolute Gasteiger partial charge is 0.462 e. The van der Waals surface area contributed by atoms with E-state index in [2.05, 4.69) is 13.0 Å². The molecule has 0 aliphatic carbocycles. The van der Waals surface area contributed by atoms with Crippen LogP contribution in [-0.2, 0) is 14.3 Å². The fourth-order valence-electron chi connectivity index (χ4n) is 3.04. The van der Waals surface area contributed by atoms with Gasteiger partial charge in [0.2, 0.25) is 0 Å². The van der Waals surface area contributed by atoms with E-state index < -0.39 is 0 Å². The Morgan fingerprint density at radius 2 is 2.13 bits per heavy atom. The van der Waals surface area contributed by atoms with Crippen LogP contribution in [0.5, 0.6) is 0 Å². The first-order valence-corrected chi connectivity index (χ1v) is 5.85. The maximum atomic E-state index is 11.7. The van der Waals surface area contributed by atoms with Crippen LogP contribution in [0.2, 0.25) is 0 Å². The molecule has 82 valence electrons. The normalized spacial score (nSPS) is 45.9. The Bertz CT molecular complexity index is 310. The van der Waals surface area contributed by atoms with E-state index in [1.54, 1.807) is 0 Å². The first-order valence-electron chi connectivity index (χ1n) is 5.85. The molecule has 2 bridgehead atoms. The van der Waals surface area contributed by atoms with Gasteiger partial charge in [-0.3, -0.25) is 4.79 Å². The highest BCUT2D eigenvalue weighted by atomic mass is 16.6. The Hall–Kier alpha value is -0.830. The predicted octanol–water partition coefficient (Wildman–Crippen LogP) is 1.67. The molecule has 2 fully saturated rings. The number of carbonyl (C=O) groups is 1. The van der Waals surface area contributed by atoms with Crippen molar-refractivity contribution in [3.8, 4) is 0 Å². The van der Waals surface area contributed by atoms with Crippen molar-refractivity contribution in [2.75, 3.05) is 0 Å². The van der Waals surface area contributed by atoms with Crippen molar-refractivity contribution in [3.05, 3.63) is 12.2 Å². The molecule has 3 aliphatic heterocycles. The summed E-state index contributed by atoms with van der Waals surface area (Å²) in [5.74, 6) is 0.235. The van der Waals surface area contributed by atoms with Gasteiger partial charge in [-0.1, -0.05) is 31.9 Å². The lowest BCUT2D eigenvalue weighted by molar-refractivity contribution is -0.147. The van der Waals surface area contributed by atoms with E-state index in [1.165, 1.54) is 0 Å². The van der Waals surface area contributed by atoms with Gasteiger partial charge in [0.1, 0.15) is 6.10 Å². The number of rotatable bonds is 3. The monoisotopic (exact) mass is 208 g/mol. The Labute approximate surface area is 89.4 Å². The third-order valence-electron chi connectivity index (χ3n) is 3.76. The fraction of sp³-hybridized carbons (Fsp3) is 0.750. The van der Waals surface area contributed by atoms with Crippen molar-refractivity contribution in [2.24, 2.45) is 11.8 Å². The van der Waals surface area contributed by atoms with Gasteiger partial charge in [0.05, 0.1) is 18.1 Å². The smallest absolute Gasteiger partial charge is 0.312 e. The van der Waals surface area contributed by atoms with Gasteiger partial charge in [-0.2, -0.15) is 0 Å². The number of fused-ring (bicyclic) bond motifs is 5. The summed E-state index contributed by atoms with van der Waals surface area (Å²) in [6.45, 7) is 2.16. The van der Waals surface area contributed by atoms with Crippen LogP contribution < -0.4 is 0 Å². The number of cyclic esters (lactones) is 1. The van der Waals surface area contributed by atoms with E-state index in [4.69, 9.17) is 9.47 Å². The molecular formula is C12H16O3. The lowest BCUT2D eigenvalue weighted by Gasteiger charge is -2.19. The molecule has 0 unspecified atom stereocenters. The van der Waals surface area contributed by atoms with Gasteiger partial charge in [-0.25, -0.2) is 0 Å². The molecule has 0 spiro atoms. The van der Waals surface area contributed by atoms with Crippen LogP contribution in [-0.4, -0.2) is 24.3 Å². The topological polar surface area (TPSA) is 35.5 Å².